The molecule has 0 bridgehead atoms. The van der Waals surface area contributed by atoms with Gasteiger partial charge in [0, 0.05) is 9.72 Å². The summed E-state index contributed by atoms with van der Waals surface area (Å²) in [4.78, 5) is 11.6. The van der Waals surface area contributed by atoms with Gasteiger partial charge in [-0.3, -0.25) is 4.79 Å². The number of fused-ring (bicyclic) bond motifs is 1. The highest BCUT2D eigenvalue weighted by atomic mass is 35.5. The second-order valence-electron chi connectivity index (χ2n) is 4.47. The molecule has 1 aromatic carbocycles. The van der Waals surface area contributed by atoms with Gasteiger partial charge in [-0.25, -0.2) is 0 Å². The van der Waals surface area contributed by atoms with Gasteiger partial charge in [-0.1, -0.05) is 11.6 Å². The highest BCUT2D eigenvalue weighted by molar-refractivity contribution is 7.64. The fourth-order valence-corrected chi connectivity index (χ4v) is 5.37. The van der Waals surface area contributed by atoms with Gasteiger partial charge < -0.3 is 4.57 Å². The van der Waals surface area contributed by atoms with Gasteiger partial charge in [0.15, 0.2) is 0 Å². The second-order valence-corrected chi connectivity index (χ2v) is 9.58. The summed E-state index contributed by atoms with van der Waals surface area (Å²) >= 11 is 13.1. The molecule has 0 N–H and O–H groups in total. The molecule has 0 saturated heterocycles. The summed E-state index contributed by atoms with van der Waals surface area (Å²) in [5, 5.41) is 2.70. The molecule has 96 valence electrons. The Hall–Kier alpha value is -0.340. The fraction of sp³-hybridized carbons (Fsp3) is 0.250. The predicted octanol–water partition coefficient (Wildman–Crippen LogP) is 4.98. The van der Waals surface area contributed by atoms with Gasteiger partial charge in [0.1, 0.15) is 5.66 Å². The van der Waals surface area contributed by atoms with Gasteiger partial charge in [0.2, 0.25) is 5.24 Å². The first-order valence-electron chi connectivity index (χ1n) is 5.21. The van der Waals surface area contributed by atoms with Gasteiger partial charge in [0.25, 0.3) is 0 Å². The van der Waals surface area contributed by atoms with E-state index in [1.807, 2.05) is 11.4 Å². The van der Waals surface area contributed by atoms with Crippen LogP contribution < -0.4 is 0 Å². The molecule has 2 nitrogen and oxygen atoms in total. The molecule has 0 saturated carbocycles. The molecule has 0 spiro atoms. The SMILES string of the molecule is CP(C)(=O)C(C(=O)Cl)c1csc2ccc(Cl)cc12. The van der Waals surface area contributed by atoms with Crippen molar-refractivity contribution in [3.8, 4) is 0 Å². The maximum Gasteiger partial charge on any atom is 0.236 e. The lowest BCUT2D eigenvalue weighted by molar-refractivity contribution is -0.111. The summed E-state index contributed by atoms with van der Waals surface area (Å²) in [6, 6.07) is 5.46. The summed E-state index contributed by atoms with van der Waals surface area (Å²) in [6.07, 6.45) is 0. The van der Waals surface area contributed by atoms with Crippen molar-refractivity contribution < 1.29 is 9.36 Å². The van der Waals surface area contributed by atoms with Crippen molar-refractivity contribution in [2.24, 2.45) is 0 Å². The molecule has 0 aliphatic rings. The van der Waals surface area contributed by atoms with E-state index in [4.69, 9.17) is 23.2 Å². The monoisotopic (exact) mass is 320 g/mol. The number of halogens is 2. The maximum atomic E-state index is 12.2. The Bertz CT molecular complexity index is 659. The van der Waals surface area contributed by atoms with E-state index in [2.05, 4.69) is 0 Å². The first-order chi connectivity index (χ1) is 8.30. The van der Waals surface area contributed by atoms with E-state index in [1.165, 1.54) is 11.3 Å². The van der Waals surface area contributed by atoms with E-state index in [0.717, 1.165) is 10.1 Å². The Morgan fingerprint density at radius 2 is 2.06 bits per heavy atom. The van der Waals surface area contributed by atoms with Crippen LogP contribution >= 0.6 is 41.7 Å². The minimum atomic E-state index is -2.66. The molecular weight excluding hydrogens is 310 g/mol. The second kappa shape index (κ2) is 4.97. The Labute approximate surface area is 119 Å². The zero-order chi connectivity index (χ0) is 13.5. The largest absolute Gasteiger partial charge is 0.323 e. The van der Waals surface area contributed by atoms with Crippen molar-refractivity contribution in [2.75, 3.05) is 13.3 Å². The molecule has 1 aromatic heterocycles. The molecular formula is C12H11Cl2O2PS. The topological polar surface area (TPSA) is 34.1 Å². The fourth-order valence-electron chi connectivity index (χ4n) is 1.93. The van der Waals surface area contributed by atoms with Crippen LogP contribution in [0.1, 0.15) is 11.2 Å². The predicted molar refractivity (Wildman–Crippen MR) is 79.9 cm³/mol. The van der Waals surface area contributed by atoms with Crippen molar-refractivity contribution >= 4 is 57.0 Å². The maximum absolute atomic E-state index is 12.2. The number of rotatable bonds is 3. The van der Waals surface area contributed by atoms with Crippen LogP contribution in [0.3, 0.4) is 0 Å². The number of carbonyl (C=O) groups is 1. The first-order valence-corrected chi connectivity index (χ1v) is 9.52. The van der Waals surface area contributed by atoms with E-state index in [1.54, 1.807) is 25.5 Å². The molecule has 0 aliphatic heterocycles. The lowest BCUT2D eigenvalue weighted by atomic mass is 10.1. The van der Waals surface area contributed by atoms with E-state index >= 15 is 0 Å². The summed E-state index contributed by atoms with van der Waals surface area (Å²) < 4.78 is 13.3. The highest BCUT2D eigenvalue weighted by Crippen LogP contribution is 2.56. The van der Waals surface area contributed by atoms with E-state index in [9.17, 15) is 9.36 Å². The minimum Gasteiger partial charge on any atom is -0.323 e. The number of hydrogen-bond acceptors (Lipinski definition) is 3. The number of carbonyl (C=O) groups excluding carboxylic acids is 1. The summed E-state index contributed by atoms with van der Waals surface area (Å²) in [5.41, 5.74) is -0.0442. The van der Waals surface area contributed by atoms with Crippen molar-refractivity contribution in [3.63, 3.8) is 0 Å². The summed E-state index contributed by atoms with van der Waals surface area (Å²) in [5.74, 6) is 0. The number of hydrogen-bond donors (Lipinski definition) is 0. The van der Waals surface area contributed by atoms with Gasteiger partial charge in [0.05, 0.1) is 7.14 Å². The minimum absolute atomic E-state index is 0.581. The van der Waals surface area contributed by atoms with Crippen LogP contribution in [0.2, 0.25) is 5.02 Å². The van der Waals surface area contributed by atoms with Crippen LogP contribution in [0.4, 0.5) is 0 Å². The molecule has 2 rings (SSSR count). The van der Waals surface area contributed by atoms with Crippen LogP contribution in [0.5, 0.6) is 0 Å². The van der Waals surface area contributed by atoms with Gasteiger partial charge in [-0.05, 0) is 59.5 Å². The number of benzene rings is 1. The van der Waals surface area contributed by atoms with Gasteiger partial charge in [-0.15, -0.1) is 11.3 Å². The molecule has 18 heavy (non-hydrogen) atoms. The van der Waals surface area contributed by atoms with Crippen LogP contribution in [0.15, 0.2) is 23.6 Å². The molecule has 0 amide bonds. The third-order valence-electron chi connectivity index (χ3n) is 2.70. The van der Waals surface area contributed by atoms with Crippen molar-refractivity contribution in [3.05, 3.63) is 34.2 Å². The van der Waals surface area contributed by atoms with Crippen LogP contribution in [0.25, 0.3) is 10.1 Å². The molecule has 1 atom stereocenters. The van der Waals surface area contributed by atoms with Gasteiger partial charge in [-0.2, -0.15) is 0 Å². The molecule has 2 aromatic rings. The van der Waals surface area contributed by atoms with Crippen LogP contribution in [-0.2, 0) is 9.36 Å². The zero-order valence-corrected chi connectivity index (χ0v) is 13.0. The van der Waals surface area contributed by atoms with Crippen molar-refractivity contribution in [2.45, 2.75) is 5.66 Å². The Kier molecular flexibility index (Phi) is 3.89. The molecule has 1 heterocycles. The Morgan fingerprint density at radius 3 is 2.61 bits per heavy atom. The Balaban J connectivity index is 2.69. The van der Waals surface area contributed by atoms with E-state index < -0.39 is 18.0 Å². The zero-order valence-electron chi connectivity index (χ0n) is 9.81. The normalized spacial score (nSPS) is 13.8. The smallest absolute Gasteiger partial charge is 0.236 e. The average molecular weight is 321 g/mol. The quantitative estimate of drug-likeness (QED) is 0.590. The molecule has 6 heteroatoms. The lowest BCUT2D eigenvalue weighted by Crippen LogP contribution is -2.06. The highest BCUT2D eigenvalue weighted by Gasteiger charge is 2.32. The first kappa shape index (κ1) is 14.1. The van der Waals surface area contributed by atoms with Crippen LogP contribution in [0, 0.1) is 0 Å². The van der Waals surface area contributed by atoms with Crippen LogP contribution in [-0.4, -0.2) is 18.6 Å². The van der Waals surface area contributed by atoms with Crippen molar-refractivity contribution in [1.29, 1.82) is 0 Å². The summed E-state index contributed by atoms with van der Waals surface area (Å²) in [7, 11) is -2.66. The Morgan fingerprint density at radius 1 is 1.39 bits per heavy atom. The van der Waals surface area contributed by atoms with E-state index in [0.29, 0.717) is 10.6 Å². The molecule has 1 unspecified atom stereocenters. The summed E-state index contributed by atoms with van der Waals surface area (Å²) in [6.45, 7) is 3.15. The third-order valence-corrected chi connectivity index (χ3v) is 6.04. The third kappa shape index (κ3) is 2.65. The molecule has 0 fully saturated rings. The lowest BCUT2D eigenvalue weighted by Gasteiger charge is -2.17. The van der Waals surface area contributed by atoms with Crippen molar-refractivity contribution in [1.82, 2.24) is 0 Å². The van der Waals surface area contributed by atoms with E-state index in [-0.39, 0.29) is 0 Å². The molecule has 0 radical (unpaired) electrons. The average Bonchev–Trinajstić information content (AvgIpc) is 2.59. The van der Waals surface area contributed by atoms with Gasteiger partial charge >= 0.3 is 0 Å². The number of thiophene rings is 1. The molecule has 0 aliphatic carbocycles. The standard InChI is InChI=1S/C12H11Cl2O2PS/c1-17(2,16)11(12(14)15)9-6-18-10-4-3-7(13)5-8(9)10/h3-6,11H,1-2H3.